The maximum atomic E-state index is 5.84. The normalized spacial score (nSPS) is 13.5. The molecule has 3 N–H and O–H groups in total. The minimum absolute atomic E-state index is 0.175. The Bertz CT molecular complexity index is 394. The number of hydrogen-bond donors (Lipinski definition) is 2. The van der Waals surface area contributed by atoms with Crippen LogP contribution in [0.5, 0.6) is 5.75 Å². The molecule has 1 rings (SSSR count). The molecule has 0 aliphatic carbocycles. The lowest BCUT2D eigenvalue weighted by Gasteiger charge is -2.38. The molecule has 0 fully saturated rings. The second-order valence-corrected chi connectivity index (χ2v) is 4.90. The standard InChI is InChI=1S/C14H28N4O2/c1-6-9-18-12(11(19-4)10-16-18)13(17-15)14(7-2,8-3)20-5/h10,13,17H,6-9,15H2,1-5H3. The summed E-state index contributed by atoms with van der Waals surface area (Å²) in [4.78, 5) is 0. The van der Waals surface area contributed by atoms with Crippen molar-refractivity contribution >= 4 is 0 Å². The fraction of sp³-hybridized carbons (Fsp3) is 0.786. The Labute approximate surface area is 121 Å². The summed E-state index contributed by atoms with van der Waals surface area (Å²) in [5.41, 5.74) is 3.47. The van der Waals surface area contributed by atoms with E-state index in [-0.39, 0.29) is 11.6 Å². The highest BCUT2D eigenvalue weighted by Gasteiger charge is 2.40. The Balaban J connectivity index is 3.32. The minimum atomic E-state index is -0.381. The molecule has 0 aliphatic rings. The van der Waals surface area contributed by atoms with Crippen LogP contribution >= 0.6 is 0 Å². The molecule has 0 saturated carbocycles. The van der Waals surface area contributed by atoms with Gasteiger partial charge in [-0.25, -0.2) is 5.43 Å². The summed E-state index contributed by atoms with van der Waals surface area (Å²) < 4.78 is 13.2. The summed E-state index contributed by atoms with van der Waals surface area (Å²) in [7, 11) is 3.38. The zero-order valence-electron chi connectivity index (χ0n) is 13.3. The van der Waals surface area contributed by atoms with Crippen molar-refractivity contribution in [1.82, 2.24) is 15.2 Å². The van der Waals surface area contributed by atoms with Crippen LogP contribution in [0.3, 0.4) is 0 Å². The van der Waals surface area contributed by atoms with Crippen LogP contribution in [0.4, 0.5) is 0 Å². The van der Waals surface area contributed by atoms with E-state index in [9.17, 15) is 0 Å². The molecule has 0 aliphatic heterocycles. The maximum absolute atomic E-state index is 5.84. The van der Waals surface area contributed by atoms with E-state index >= 15 is 0 Å². The van der Waals surface area contributed by atoms with Crippen LogP contribution in [0.25, 0.3) is 0 Å². The van der Waals surface area contributed by atoms with Gasteiger partial charge in [0, 0.05) is 13.7 Å². The number of aromatic nitrogens is 2. The number of rotatable bonds is 9. The van der Waals surface area contributed by atoms with E-state index in [1.54, 1.807) is 20.4 Å². The summed E-state index contributed by atoms with van der Waals surface area (Å²) in [6.45, 7) is 7.14. The van der Waals surface area contributed by atoms with Crippen molar-refractivity contribution in [1.29, 1.82) is 0 Å². The number of nitrogens with two attached hydrogens (primary N) is 1. The highest BCUT2D eigenvalue weighted by Crippen LogP contribution is 2.38. The zero-order valence-corrected chi connectivity index (χ0v) is 13.3. The molecule has 0 aromatic carbocycles. The third-order valence-corrected chi connectivity index (χ3v) is 4.07. The number of hydrogen-bond acceptors (Lipinski definition) is 5. The van der Waals surface area contributed by atoms with Crippen LogP contribution < -0.4 is 16.0 Å². The molecule has 0 spiro atoms. The van der Waals surface area contributed by atoms with Gasteiger partial charge in [0.2, 0.25) is 0 Å². The smallest absolute Gasteiger partial charge is 0.161 e. The summed E-state index contributed by atoms with van der Waals surface area (Å²) in [6, 6.07) is -0.175. The maximum Gasteiger partial charge on any atom is 0.161 e. The van der Waals surface area contributed by atoms with Crippen molar-refractivity contribution in [2.24, 2.45) is 5.84 Å². The van der Waals surface area contributed by atoms with Gasteiger partial charge in [0.15, 0.2) is 5.75 Å². The van der Waals surface area contributed by atoms with Crippen molar-refractivity contribution in [2.45, 2.75) is 58.2 Å². The molecule has 1 unspecified atom stereocenters. The minimum Gasteiger partial charge on any atom is -0.493 e. The van der Waals surface area contributed by atoms with Crippen LogP contribution in [0.2, 0.25) is 0 Å². The Hall–Kier alpha value is -1.11. The molecule has 20 heavy (non-hydrogen) atoms. The topological polar surface area (TPSA) is 74.3 Å². The SMILES string of the molecule is CCCn1ncc(OC)c1C(NN)C(CC)(CC)OC. The molecule has 0 radical (unpaired) electrons. The monoisotopic (exact) mass is 284 g/mol. The summed E-state index contributed by atoms with van der Waals surface area (Å²) in [6.07, 6.45) is 4.42. The van der Waals surface area contributed by atoms with E-state index in [0.717, 1.165) is 37.3 Å². The van der Waals surface area contributed by atoms with Crippen LogP contribution in [0.1, 0.15) is 51.8 Å². The van der Waals surface area contributed by atoms with Gasteiger partial charge >= 0.3 is 0 Å². The largest absolute Gasteiger partial charge is 0.493 e. The van der Waals surface area contributed by atoms with Gasteiger partial charge < -0.3 is 9.47 Å². The molecule has 0 saturated heterocycles. The molecular weight excluding hydrogens is 256 g/mol. The van der Waals surface area contributed by atoms with Gasteiger partial charge in [0.25, 0.3) is 0 Å². The van der Waals surface area contributed by atoms with Gasteiger partial charge in [-0.1, -0.05) is 20.8 Å². The number of nitrogens with one attached hydrogen (secondary N) is 1. The van der Waals surface area contributed by atoms with Crippen molar-refractivity contribution in [3.63, 3.8) is 0 Å². The molecule has 1 heterocycles. The highest BCUT2D eigenvalue weighted by atomic mass is 16.5. The molecule has 6 heteroatoms. The van der Waals surface area contributed by atoms with Crippen molar-refractivity contribution < 1.29 is 9.47 Å². The van der Waals surface area contributed by atoms with Gasteiger partial charge in [0.1, 0.15) is 5.69 Å². The number of aryl methyl sites for hydroxylation is 1. The molecule has 1 atom stereocenters. The Morgan fingerprint density at radius 2 is 2.00 bits per heavy atom. The average molecular weight is 284 g/mol. The first-order chi connectivity index (χ1) is 9.63. The van der Waals surface area contributed by atoms with E-state index in [0.29, 0.717) is 0 Å². The van der Waals surface area contributed by atoms with Gasteiger partial charge in [0.05, 0.1) is 24.9 Å². The number of methoxy groups -OCH3 is 2. The van der Waals surface area contributed by atoms with E-state index in [4.69, 9.17) is 15.3 Å². The summed E-state index contributed by atoms with van der Waals surface area (Å²) in [5.74, 6) is 6.58. The third kappa shape index (κ3) is 2.97. The van der Waals surface area contributed by atoms with E-state index < -0.39 is 0 Å². The second kappa shape index (κ2) is 7.61. The lowest BCUT2D eigenvalue weighted by molar-refractivity contribution is -0.0513. The number of hydrazine groups is 1. The molecule has 1 aromatic heterocycles. The average Bonchev–Trinajstić information content (AvgIpc) is 2.88. The zero-order chi connectivity index (χ0) is 15.2. The van der Waals surface area contributed by atoms with Crippen LogP contribution in [-0.4, -0.2) is 29.6 Å². The van der Waals surface area contributed by atoms with E-state index in [1.807, 2.05) is 4.68 Å². The second-order valence-electron chi connectivity index (χ2n) is 4.90. The molecule has 6 nitrogen and oxygen atoms in total. The third-order valence-electron chi connectivity index (χ3n) is 4.07. The van der Waals surface area contributed by atoms with Crippen molar-refractivity contribution in [3.8, 4) is 5.75 Å². The fourth-order valence-corrected chi connectivity index (χ4v) is 2.76. The van der Waals surface area contributed by atoms with Crippen molar-refractivity contribution in [3.05, 3.63) is 11.9 Å². The van der Waals surface area contributed by atoms with E-state index in [2.05, 4.69) is 31.3 Å². The Morgan fingerprint density at radius 3 is 2.40 bits per heavy atom. The molecule has 0 amide bonds. The van der Waals surface area contributed by atoms with Gasteiger partial charge in [-0.05, 0) is 19.3 Å². The summed E-state index contributed by atoms with van der Waals surface area (Å²) >= 11 is 0. The summed E-state index contributed by atoms with van der Waals surface area (Å²) in [5, 5.41) is 4.40. The van der Waals surface area contributed by atoms with Crippen LogP contribution in [-0.2, 0) is 11.3 Å². The molecular formula is C14H28N4O2. The first-order valence-electron chi connectivity index (χ1n) is 7.24. The van der Waals surface area contributed by atoms with Crippen LogP contribution in [0, 0.1) is 0 Å². The van der Waals surface area contributed by atoms with Gasteiger partial charge in [-0.15, -0.1) is 0 Å². The van der Waals surface area contributed by atoms with Crippen molar-refractivity contribution in [2.75, 3.05) is 14.2 Å². The van der Waals surface area contributed by atoms with Gasteiger partial charge in [-0.3, -0.25) is 10.5 Å². The van der Waals surface area contributed by atoms with Gasteiger partial charge in [-0.2, -0.15) is 5.10 Å². The predicted octanol–water partition coefficient (Wildman–Crippen LogP) is 2.01. The highest BCUT2D eigenvalue weighted by molar-refractivity contribution is 5.30. The predicted molar refractivity (Wildman–Crippen MR) is 79.5 cm³/mol. The quantitative estimate of drug-likeness (QED) is 0.536. The first kappa shape index (κ1) is 16.9. The lowest BCUT2D eigenvalue weighted by Crippen LogP contribution is -2.48. The fourth-order valence-electron chi connectivity index (χ4n) is 2.76. The Morgan fingerprint density at radius 1 is 1.35 bits per heavy atom. The molecule has 0 bridgehead atoms. The molecule has 1 aromatic rings. The molecule has 116 valence electrons. The van der Waals surface area contributed by atoms with E-state index in [1.165, 1.54) is 0 Å². The number of nitrogens with zero attached hydrogens (tertiary/aromatic N) is 2. The first-order valence-corrected chi connectivity index (χ1v) is 7.24. The van der Waals surface area contributed by atoms with Crippen LogP contribution in [0.15, 0.2) is 6.20 Å². The number of ether oxygens (including phenoxy) is 2. The lowest BCUT2D eigenvalue weighted by atomic mass is 9.86. The Kier molecular flexibility index (Phi) is 6.45.